The molecule has 0 radical (unpaired) electrons. The van der Waals surface area contributed by atoms with Gasteiger partial charge in [-0.3, -0.25) is 9.78 Å². The minimum atomic E-state index is -0.650. The quantitative estimate of drug-likeness (QED) is 0.426. The van der Waals surface area contributed by atoms with Crippen LogP contribution in [0.25, 0.3) is 10.9 Å². The Kier molecular flexibility index (Phi) is 7.27. The van der Waals surface area contributed by atoms with Crippen molar-refractivity contribution in [2.24, 2.45) is 5.92 Å². The van der Waals surface area contributed by atoms with Crippen molar-refractivity contribution >= 4 is 33.7 Å². The first-order valence-corrected chi connectivity index (χ1v) is 14.0. The van der Waals surface area contributed by atoms with Crippen LogP contribution in [-0.4, -0.2) is 39.6 Å². The van der Waals surface area contributed by atoms with Gasteiger partial charge in [-0.2, -0.15) is 0 Å². The Bertz CT molecular complexity index is 1190. The Labute approximate surface area is 210 Å². The number of nitrogens with one attached hydrogen (secondary N) is 2. The van der Waals surface area contributed by atoms with Crippen LogP contribution in [0.4, 0.5) is 5.69 Å². The van der Waals surface area contributed by atoms with E-state index in [9.17, 15) is 9.35 Å². The summed E-state index contributed by atoms with van der Waals surface area (Å²) in [5, 5.41) is 7.76. The van der Waals surface area contributed by atoms with Crippen molar-refractivity contribution < 1.29 is 14.1 Å². The summed E-state index contributed by atoms with van der Waals surface area (Å²) in [6, 6.07) is 14.0. The minimum absolute atomic E-state index is 0.149. The summed E-state index contributed by atoms with van der Waals surface area (Å²) in [7, 11) is 0. The largest absolute Gasteiger partial charge is 0.616 e. The number of amides is 1. The van der Waals surface area contributed by atoms with Gasteiger partial charge in [-0.25, -0.2) is 0 Å². The number of ether oxygens (including phenoxy) is 1. The maximum Gasteiger partial charge on any atom is 0.255 e. The second kappa shape index (κ2) is 10.6. The van der Waals surface area contributed by atoms with Gasteiger partial charge in [0.05, 0.1) is 12.1 Å². The number of aryl methyl sites for hydroxylation is 1. The molecule has 1 saturated heterocycles. The Morgan fingerprint density at radius 1 is 1.14 bits per heavy atom. The molecule has 2 heterocycles. The van der Waals surface area contributed by atoms with Crippen LogP contribution in [0.15, 0.2) is 48.7 Å². The monoisotopic (exact) mass is 491 g/mol. The second-order valence-corrected chi connectivity index (χ2v) is 11.5. The minimum Gasteiger partial charge on any atom is -0.616 e. The molecule has 184 valence electrons. The average molecular weight is 492 g/mol. The lowest BCUT2D eigenvalue weighted by atomic mass is 10.0. The molecular weight excluding hydrogens is 458 g/mol. The van der Waals surface area contributed by atoms with E-state index in [1.54, 1.807) is 12.1 Å². The number of benzene rings is 2. The Balaban J connectivity index is 1.24. The lowest BCUT2D eigenvalue weighted by Gasteiger charge is -2.28. The van der Waals surface area contributed by atoms with Crippen LogP contribution in [0.1, 0.15) is 60.1 Å². The summed E-state index contributed by atoms with van der Waals surface area (Å²) in [6.07, 6.45) is 6.33. The zero-order chi connectivity index (χ0) is 24.4. The Morgan fingerprint density at radius 3 is 2.60 bits per heavy atom. The highest BCUT2D eigenvalue weighted by atomic mass is 32.2. The third kappa shape index (κ3) is 5.97. The maximum absolute atomic E-state index is 12.8. The van der Waals surface area contributed by atoms with E-state index in [0.29, 0.717) is 17.5 Å². The maximum atomic E-state index is 12.8. The fourth-order valence-corrected chi connectivity index (χ4v) is 5.84. The molecule has 2 aliphatic rings. The van der Waals surface area contributed by atoms with Crippen molar-refractivity contribution in [1.82, 2.24) is 10.3 Å². The third-order valence-corrected chi connectivity index (χ3v) is 8.43. The van der Waals surface area contributed by atoms with Gasteiger partial charge in [-0.15, -0.1) is 0 Å². The molecule has 1 saturated carbocycles. The van der Waals surface area contributed by atoms with Crippen LogP contribution >= 0.6 is 0 Å². The average Bonchev–Trinajstić information content (AvgIpc) is 3.70. The molecule has 0 unspecified atom stereocenters. The van der Waals surface area contributed by atoms with E-state index >= 15 is 0 Å². The zero-order valence-corrected chi connectivity index (χ0v) is 21.2. The highest BCUT2D eigenvalue weighted by molar-refractivity contribution is 7.91. The van der Waals surface area contributed by atoms with Gasteiger partial charge in [0.2, 0.25) is 0 Å². The lowest BCUT2D eigenvalue weighted by Crippen LogP contribution is -2.38. The number of aromatic nitrogens is 1. The smallest absolute Gasteiger partial charge is 0.255 e. The molecule has 5 rings (SSSR count). The van der Waals surface area contributed by atoms with Crippen molar-refractivity contribution in [3.05, 3.63) is 65.4 Å². The van der Waals surface area contributed by atoms with Crippen LogP contribution in [0.2, 0.25) is 0 Å². The molecule has 1 amide bonds. The lowest BCUT2D eigenvalue weighted by molar-refractivity contribution is 0.102. The predicted molar refractivity (Wildman–Crippen MR) is 142 cm³/mol. The molecule has 1 atom stereocenters. The fourth-order valence-electron chi connectivity index (χ4n) is 4.54. The van der Waals surface area contributed by atoms with E-state index in [-0.39, 0.29) is 11.9 Å². The van der Waals surface area contributed by atoms with Gasteiger partial charge in [0.25, 0.3) is 5.91 Å². The topological polar surface area (TPSA) is 86.3 Å². The molecule has 3 aromatic rings. The first-order chi connectivity index (χ1) is 17.0. The normalized spacial score (nSPS) is 21.0. The van der Waals surface area contributed by atoms with Crippen LogP contribution in [0.3, 0.4) is 0 Å². The van der Waals surface area contributed by atoms with E-state index in [2.05, 4.69) is 23.6 Å². The fraction of sp³-hybridized carbons (Fsp3) is 0.429. The molecular formula is C28H33N3O3S. The number of nitrogens with zero attached hydrogens (tertiary/aromatic N) is 1. The molecule has 2 N–H and O–H groups in total. The van der Waals surface area contributed by atoms with Gasteiger partial charge in [-0.05, 0) is 80.1 Å². The Hall–Kier alpha value is -2.61. The van der Waals surface area contributed by atoms with Crippen LogP contribution in [0.5, 0.6) is 5.75 Å². The van der Waals surface area contributed by atoms with Crippen molar-refractivity contribution in [3.8, 4) is 5.75 Å². The van der Waals surface area contributed by atoms with Crippen molar-refractivity contribution in [2.75, 3.05) is 23.4 Å². The molecule has 1 aliphatic heterocycles. The first kappa shape index (κ1) is 24.1. The highest BCUT2D eigenvalue weighted by Crippen LogP contribution is 2.30. The van der Waals surface area contributed by atoms with Crippen molar-refractivity contribution in [1.29, 1.82) is 0 Å². The van der Waals surface area contributed by atoms with Gasteiger partial charge in [0, 0.05) is 47.8 Å². The van der Waals surface area contributed by atoms with E-state index in [4.69, 9.17) is 9.72 Å². The molecule has 0 spiro atoms. The van der Waals surface area contributed by atoms with E-state index in [1.807, 2.05) is 37.4 Å². The SMILES string of the molecule is Cc1c(NC(=O)c2ccc(OCC3CC3)cc2)ccc2cc([C@@H](C)N[C@H]3CC[S@+]([O-])CC3)cnc12. The summed E-state index contributed by atoms with van der Waals surface area (Å²) in [5.41, 5.74) is 4.32. The van der Waals surface area contributed by atoms with Crippen LogP contribution in [0, 0.1) is 12.8 Å². The Morgan fingerprint density at radius 2 is 1.89 bits per heavy atom. The van der Waals surface area contributed by atoms with E-state index in [1.165, 1.54) is 12.8 Å². The number of rotatable bonds is 8. The number of hydrogen-bond acceptors (Lipinski definition) is 5. The standard InChI is InChI=1S/C28H33N3O3S/c1-18-26(31-28(32)21-5-8-25(9-6-21)34-17-20-3-4-20)10-7-22-15-23(16-29-27(18)22)19(2)30-24-11-13-35(33)14-12-24/h5-10,15-16,19-20,24,30H,3-4,11-14,17H2,1-2H3,(H,31,32)/t19-,24-,35-/m1/s1. The number of carbonyl (C=O) groups is 1. The number of carbonyl (C=O) groups excluding carboxylic acids is 1. The van der Waals surface area contributed by atoms with Crippen LogP contribution < -0.4 is 15.4 Å². The van der Waals surface area contributed by atoms with Crippen LogP contribution in [-0.2, 0) is 11.2 Å². The summed E-state index contributed by atoms with van der Waals surface area (Å²) < 4.78 is 17.4. The molecule has 1 aromatic heterocycles. The molecule has 2 aromatic carbocycles. The zero-order valence-electron chi connectivity index (χ0n) is 20.4. The molecule has 2 fully saturated rings. The predicted octanol–water partition coefficient (Wildman–Crippen LogP) is 5.15. The van der Waals surface area contributed by atoms with Gasteiger partial charge >= 0.3 is 0 Å². The highest BCUT2D eigenvalue weighted by Gasteiger charge is 2.24. The summed E-state index contributed by atoms with van der Waals surface area (Å²) in [4.78, 5) is 17.6. The molecule has 1 aliphatic carbocycles. The summed E-state index contributed by atoms with van der Waals surface area (Å²) in [5.74, 6) is 2.92. The van der Waals surface area contributed by atoms with E-state index in [0.717, 1.165) is 64.4 Å². The molecule has 0 bridgehead atoms. The summed E-state index contributed by atoms with van der Waals surface area (Å²) in [6.45, 7) is 4.90. The second-order valence-electron chi connectivity index (χ2n) is 9.82. The van der Waals surface area contributed by atoms with Crippen molar-refractivity contribution in [2.45, 2.75) is 51.6 Å². The third-order valence-electron chi connectivity index (χ3n) is 7.05. The molecule has 35 heavy (non-hydrogen) atoms. The molecule has 6 nitrogen and oxygen atoms in total. The van der Waals surface area contributed by atoms with E-state index < -0.39 is 11.2 Å². The molecule has 7 heteroatoms. The summed E-state index contributed by atoms with van der Waals surface area (Å²) >= 11 is -0.650. The number of pyridine rings is 1. The first-order valence-electron chi connectivity index (χ1n) is 12.5. The number of fused-ring (bicyclic) bond motifs is 1. The van der Waals surface area contributed by atoms with Gasteiger partial charge in [0.15, 0.2) is 0 Å². The van der Waals surface area contributed by atoms with Crippen molar-refractivity contribution in [3.63, 3.8) is 0 Å². The number of hydrogen-bond donors (Lipinski definition) is 2. The van der Waals surface area contributed by atoms with Gasteiger partial charge in [-0.1, -0.05) is 17.2 Å². The van der Waals surface area contributed by atoms with Gasteiger partial charge < -0.3 is 19.9 Å². The number of anilines is 1. The van der Waals surface area contributed by atoms with Gasteiger partial charge in [0.1, 0.15) is 17.3 Å².